The number of anilines is 4. The Morgan fingerprint density at radius 2 is 0.986 bits per heavy atom. The number of alkyl halides is 3. The number of hydrogen-bond acceptors (Lipinski definition) is 12. The Bertz CT molecular complexity index is 2830. The summed E-state index contributed by atoms with van der Waals surface area (Å²) in [5.74, 6) is -2.45. The summed E-state index contributed by atoms with van der Waals surface area (Å²) in [7, 11) is 0. The Morgan fingerprint density at radius 3 is 1.40 bits per heavy atom. The Morgan fingerprint density at radius 1 is 0.529 bits per heavy atom. The third-order valence-corrected chi connectivity index (χ3v) is 11.0. The molecule has 4 N–H and O–H groups in total. The fourth-order valence-corrected chi connectivity index (χ4v) is 7.70. The first-order chi connectivity index (χ1) is 33.5. The average molecular weight is 1050 g/mol. The predicted molar refractivity (Wildman–Crippen MR) is 274 cm³/mol. The second-order valence-corrected chi connectivity index (χ2v) is 17.0. The maximum atomic E-state index is 13.5. The van der Waals surface area contributed by atoms with Gasteiger partial charge in [-0.1, -0.05) is 35.3 Å². The number of aryl methyl sites for hydroxylation is 2. The normalized spacial score (nSPS) is 12.0. The zero-order chi connectivity index (χ0) is 50.9. The first kappa shape index (κ1) is 54.5. The number of carbonyl (C=O) groups is 6. The molecule has 2 atom stereocenters. The van der Waals surface area contributed by atoms with E-state index in [0.717, 1.165) is 25.0 Å². The molecule has 0 saturated heterocycles. The van der Waals surface area contributed by atoms with Crippen molar-refractivity contribution in [2.45, 2.75) is 58.5 Å². The minimum Gasteiger partial charge on any atom is -0.494 e. The molecule has 5 aromatic carbocycles. The molecule has 0 aliphatic carbocycles. The summed E-state index contributed by atoms with van der Waals surface area (Å²) in [6.07, 6.45) is 0.972. The van der Waals surface area contributed by atoms with Crippen molar-refractivity contribution in [3.63, 3.8) is 0 Å². The third kappa shape index (κ3) is 15.5. The first-order valence-corrected chi connectivity index (χ1v) is 23.9. The van der Waals surface area contributed by atoms with Gasteiger partial charge in [0, 0.05) is 73.7 Å². The van der Waals surface area contributed by atoms with E-state index in [0.29, 0.717) is 66.3 Å². The van der Waals surface area contributed by atoms with Crippen LogP contribution in [0.15, 0.2) is 111 Å². The Hall–Kier alpha value is -6.43. The Kier molecular flexibility index (Phi) is 20.7. The van der Waals surface area contributed by atoms with E-state index in [1.165, 1.54) is 54.6 Å². The smallest absolute Gasteiger partial charge is 0.258 e. The van der Waals surface area contributed by atoms with E-state index >= 15 is 0 Å². The van der Waals surface area contributed by atoms with E-state index in [-0.39, 0.29) is 49.8 Å². The van der Waals surface area contributed by atoms with E-state index in [4.69, 9.17) is 67.5 Å². The van der Waals surface area contributed by atoms with Gasteiger partial charge in [0.2, 0.25) is 12.1 Å². The van der Waals surface area contributed by atoms with Crippen LogP contribution in [0.1, 0.15) is 65.1 Å². The summed E-state index contributed by atoms with van der Waals surface area (Å²) in [5.41, 5.74) is 3.68. The number of rotatable bonds is 23. The lowest BCUT2D eigenvalue weighted by Gasteiger charge is -2.15. The lowest BCUT2D eigenvalue weighted by molar-refractivity contribution is -0.127. The monoisotopic (exact) mass is 1050 g/mol. The second-order valence-electron chi connectivity index (χ2n) is 15.1. The number of azo groups is 2. The van der Waals surface area contributed by atoms with Gasteiger partial charge in [0.05, 0.1) is 24.6 Å². The van der Waals surface area contributed by atoms with E-state index in [9.17, 15) is 28.8 Å². The standard InChI is InChI=1S/C49H47Cl5N8O8/c1-5-69-39-10-7-29(13-15-50)42(24-39)57-46(65)31-17-34(53)22-37(19-31)59-61-44(27(3)63)48(67)55-36-9-12-41(33(21-36)26-52)56-49(68)45(28(4)64)62-60-38-20-32(18-35(54)23-38)47(66)58-43-25-40(70-6-2)11-8-30(43)14-16-51/h7-12,17-25,44-45H,5-6,13-16,26H2,1-4H3,(H,55,67)(H,56,68)(H,57,65)(H,58,66). The minimum absolute atomic E-state index is 0.0865. The summed E-state index contributed by atoms with van der Waals surface area (Å²) < 4.78 is 11.2. The molecule has 0 aliphatic rings. The minimum atomic E-state index is -1.63. The highest BCUT2D eigenvalue weighted by Crippen LogP contribution is 2.30. The van der Waals surface area contributed by atoms with Crippen LogP contribution in [0.4, 0.5) is 34.1 Å². The largest absolute Gasteiger partial charge is 0.494 e. The molecule has 0 radical (unpaired) electrons. The van der Waals surface area contributed by atoms with Crippen LogP contribution in [0.2, 0.25) is 10.0 Å². The SMILES string of the molecule is CCOc1ccc(CCCl)c(NC(=O)c2cc(Cl)cc(N=NC(C(C)=O)C(=O)Nc3ccc(NC(=O)C(N=Nc4cc(Cl)cc(C(=O)Nc5cc(OCC)ccc5CCCl)c4)C(C)=O)c(CCl)c3)c2)c1. The topological polar surface area (TPSA) is 218 Å². The highest BCUT2D eigenvalue weighted by Gasteiger charge is 2.26. The van der Waals surface area contributed by atoms with Crippen molar-refractivity contribution < 1.29 is 38.2 Å². The van der Waals surface area contributed by atoms with Gasteiger partial charge in [-0.3, -0.25) is 28.8 Å². The third-order valence-electron chi connectivity index (χ3n) is 9.92. The number of ketones is 2. The molecule has 4 amide bonds. The lowest BCUT2D eigenvalue weighted by Crippen LogP contribution is -2.32. The highest BCUT2D eigenvalue weighted by molar-refractivity contribution is 6.32. The molecule has 16 nitrogen and oxygen atoms in total. The summed E-state index contributed by atoms with van der Waals surface area (Å²) >= 11 is 30.9. The van der Waals surface area contributed by atoms with Crippen molar-refractivity contribution in [3.05, 3.63) is 129 Å². The molecule has 0 heterocycles. The van der Waals surface area contributed by atoms with Gasteiger partial charge in [0.1, 0.15) is 11.5 Å². The summed E-state index contributed by atoms with van der Waals surface area (Å²) in [5, 5.41) is 27.4. The molecule has 2 unspecified atom stereocenters. The number of Topliss-reactive ketones (excluding diaryl/α,β-unsaturated/α-hetero) is 2. The van der Waals surface area contributed by atoms with Crippen molar-refractivity contribution in [1.82, 2.24) is 0 Å². The van der Waals surface area contributed by atoms with Crippen LogP contribution in [0.3, 0.4) is 0 Å². The lowest BCUT2D eigenvalue weighted by atomic mass is 10.1. The van der Waals surface area contributed by atoms with Crippen molar-refractivity contribution >= 4 is 127 Å². The highest BCUT2D eigenvalue weighted by atomic mass is 35.5. The van der Waals surface area contributed by atoms with Gasteiger partial charge in [-0.25, -0.2) is 0 Å². The molecule has 366 valence electrons. The van der Waals surface area contributed by atoms with Gasteiger partial charge in [0.15, 0.2) is 11.6 Å². The van der Waals surface area contributed by atoms with E-state index in [1.54, 1.807) is 24.3 Å². The van der Waals surface area contributed by atoms with Crippen molar-refractivity contribution in [1.29, 1.82) is 0 Å². The molecule has 0 aliphatic heterocycles. The maximum absolute atomic E-state index is 13.5. The number of benzene rings is 5. The number of hydrogen-bond donors (Lipinski definition) is 4. The van der Waals surface area contributed by atoms with Crippen molar-refractivity contribution in [3.8, 4) is 11.5 Å². The van der Waals surface area contributed by atoms with Crippen LogP contribution >= 0.6 is 58.0 Å². The maximum Gasteiger partial charge on any atom is 0.258 e. The number of nitrogens with one attached hydrogen (secondary N) is 4. The summed E-state index contributed by atoms with van der Waals surface area (Å²) in [6.45, 7) is 6.85. The molecule has 5 rings (SSSR count). The average Bonchev–Trinajstić information content (AvgIpc) is 3.31. The van der Waals surface area contributed by atoms with Crippen LogP contribution < -0.4 is 30.7 Å². The van der Waals surface area contributed by atoms with Crippen molar-refractivity contribution in [2.24, 2.45) is 20.5 Å². The van der Waals surface area contributed by atoms with Crippen LogP contribution in [0, 0.1) is 0 Å². The number of halogens is 5. The van der Waals surface area contributed by atoms with Gasteiger partial charge < -0.3 is 30.7 Å². The van der Waals surface area contributed by atoms with Crippen LogP contribution in [-0.4, -0.2) is 72.3 Å². The number of carbonyl (C=O) groups excluding carboxylic acids is 6. The number of nitrogens with zero attached hydrogens (tertiary/aromatic N) is 4. The van der Waals surface area contributed by atoms with E-state index in [2.05, 4.69) is 41.7 Å². The second kappa shape index (κ2) is 26.5. The molecule has 21 heteroatoms. The molecule has 0 fully saturated rings. The quantitative estimate of drug-likeness (QED) is 0.0279. The zero-order valence-electron chi connectivity index (χ0n) is 38.2. The molecular formula is C49H47Cl5N8O8. The molecule has 0 bridgehead atoms. The molecule has 0 spiro atoms. The molecular weight excluding hydrogens is 1010 g/mol. The summed E-state index contributed by atoms with van der Waals surface area (Å²) in [4.78, 5) is 79.1. The number of amides is 4. The molecule has 5 aromatic rings. The predicted octanol–water partition coefficient (Wildman–Crippen LogP) is 12.0. The molecule has 0 saturated carbocycles. The fourth-order valence-electron chi connectivity index (χ4n) is 6.61. The Labute approximate surface area is 428 Å². The van der Waals surface area contributed by atoms with E-state index in [1.807, 2.05) is 26.0 Å². The Balaban J connectivity index is 1.27. The van der Waals surface area contributed by atoms with Crippen LogP contribution in [0.25, 0.3) is 0 Å². The fraction of sp³-hybridized carbons (Fsp3) is 0.265. The molecule has 70 heavy (non-hydrogen) atoms. The van der Waals surface area contributed by atoms with Gasteiger partial charge in [-0.2, -0.15) is 20.5 Å². The molecule has 0 aromatic heterocycles. The van der Waals surface area contributed by atoms with Gasteiger partial charge in [-0.15, -0.1) is 34.8 Å². The van der Waals surface area contributed by atoms with E-state index < -0.39 is 47.3 Å². The number of ether oxygens (including phenoxy) is 2. The van der Waals surface area contributed by atoms with Gasteiger partial charge in [0.25, 0.3) is 23.6 Å². The van der Waals surface area contributed by atoms with Crippen LogP contribution in [-0.2, 0) is 37.9 Å². The summed E-state index contributed by atoms with van der Waals surface area (Å²) in [6, 6.07) is 20.1. The van der Waals surface area contributed by atoms with Crippen LogP contribution in [0.5, 0.6) is 11.5 Å². The zero-order valence-corrected chi connectivity index (χ0v) is 42.0. The first-order valence-electron chi connectivity index (χ1n) is 21.6. The van der Waals surface area contributed by atoms with Crippen molar-refractivity contribution in [2.75, 3.05) is 46.2 Å². The van der Waals surface area contributed by atoms with Gasteiger partial charge in [-0.05, 0) is 124 Å². The van der Waals surface area contributed by atoms with Gasteiger partial charge >= 0.3 is 0 Å².